The summed E-state index contributed by atoms with van der Waals surface area (Å²) in [5.74, 6) is 3.45. The normalized spacial score (nSPS) is 13.5. The van der Waals surface area contributed by atoms with E-state index in [0.29, 0.717) is 0 Å². The van der Waals surface area contributed by atoms with Gasteiger partial charge in [0, 0.05) is 17.6 Å². The van der Waals surface area contributed by atoms with Gasteiger partial charge in [0.05, 0.1) is 0 Å². The van der Waals surface area contributed by atoms with E-state index in [9.17, 15) is 0 Å². The number of nitrogens with zero attached hydrogens (tertiary/aromatic N) is 1. The molecule has 0 N–H and O–H groups in total. The van der Waals surface area contributed by atoms with E-state index in [1.165, 1.54) is 37.6 Å². The first-order valence-electron chi connectivity index (χ1n) is 5.64. The molecule has 0 spiro atoms. The predicted octanol–water partition coefficient (Wildman–Crippen LogP) is 3.48. The van der Waals surface area contributed by atoms with Gasteiger partial charge in [0.15, 0.2) is 0 Å². The summed E-state index contributed by atoms with van der Waals surface area (Å²) in [6, 6.07) is 0. The first kappa shape index (κ1) is 14.8. The van der Waals surface area contributed by atoms with E-state index >= 15 is 0 Å². The van der Waals surface area contributed by atoms with Crippen LogP contribution in [0, 0.1) is 5.92 Å². The summed E-state index contributed by atoms with van der Waals surface area (Å²) >= 11 is 5.66. The van der Waals surface area contributed by atoms with Crippen LogP contribution >= 0.6 is 27.7 Å². The number of thioether (sulfide) groups is 1. The van der Waals surface area contributed by atoms with Gasteiger partial charge in [0.2, 0.25) is 0 Å². The molecule has 1 nitrogen and oxygen atoms in total. The maximum absolute atomic E-state index is 3.56. The fourth-order valence-electron chi connectivity index (χ4n) is 1.25. The quantitative estimate of drug-likeness (QED) is 0.470. The standard InChI is InChI=1S/C11H24BrNS/c1-4-11(9-12)10-14-8-7-13(5-2)6-3/h11H,4-10H2,1-3H3. The first-order valence-corrected chi connectivity index (χ1v) is 7.92. The highest BCUT2D eigenvalue weighted by molar-refractivity contribution is 9.09. The lowest BCUT2D eigenvalue weighted by atomic mass is 10.2. The minimum absolute atomic E-state index is 0.858. The zero-order valence-corrected chi connectivity index (χ0v) is 12.2. The van der Waals surface area contributed by atoms with Crippen LogP contribution in [0.15, 0.2) is 0 Å². The Balaban J connectivity index is 3.35. The summed E-state index contributed by atoms with van der Waals surface area (Å²) in [6.45, 7) is 10.4. The Bertz CT molecular complexity index is 99.9. The molecule has 0 aromatic heterocycles. The zero-order valence-electron chi connectivity index (χ0n) is 9.76. The molecule has 0 rings (SSSR count). The summed E-state index contributed by atoms with van der Waals surface area (Å²) in [5, 5.41) is 1.15. The van der Waals surface area contributed by atoms with Gasteiger partial charge in [0.1, 0.15) is 0 Å². The summed E-state index contributed by atoms with van der Waals surface area (Å²) in [4.78, 5) is 2.49. The van der Waals surface area contributed by atoms with Gasteiger partial charge in [-0.3, -0.25) is 0 Å². The lowest BCUT2D eigenvalue weighted by molar-refractivity contribution is 0.324. The molecule has 1 unspecified atom stereocenters. The van der Waals surface area contributed by atoms with Crippen LogP contribution in [0.4, 0.5) is 0 Å². The monoisotopic (exact) mass is 281 g/mol. The minimum Gasteiger partial charge on any atom is -0.303 e. The zero-order chi connectivity index (χ0) is 10.8. The molecule has 0 aromatic carbocycles. The van der Waals surface area contributed by atoms with Gasteiger partial charge in [0.25, 0.3) is 0 Å². The van der Waals surface area contributed by atoms with Crippen molar-refractivity contribution in [1.29, 1.82) is 0 Å². The Morgan fingerprint density at radius 1 is 1.21 bits per heavy atom. The number of halogens is 1. The van der Waals surface area contributed by atoms with Crippen molar-refractivity contribution in [2.45, 2.75) is 27.2 Å². The van der Waals surface area contributed by atoms with E-state index in [2.05, 4.69) is 53.4 Å². The number of hydrogen-bond acceptors (Lipinski definition) is 2. The molecular weight excluding hydrogens is 258 g/mol. The average Bonchev–Trinajstić information content (AvgIpc) is 2.24. The Morgan fingerprint density at radius 2 is 1.86 bits per heavy atom. The number of alkyl halides is 1. The van der Waals surface area contributed by atoms with Crippen LogP contribution in [-0.4, -0.2) is 41.4 Å². The van der Waals surface area contributed by atoms with Crippen molar-refractivity contribution in [3.05, 3.63) is 0 Å². The summed E-state index contributed by atoms with van der Waals surface area (Å²) in [5.41, 5.74) is 0. The van der Waals surface area contributed by atoms with E-state index in [1.54, 1.807) is 0 Å². The molecule has 1 atom stereocenters. The molecule has 3 heteroatoms. The molecule has 0 saturated heterocycles. The summed E-state index contributed by atoms with van der Waals surface area (Å²) < 4.78 is 0. The molecule has 0 amide bonds. The molecular formula is C11H24BrNS. The predicted molar refractivity (Wildman–Crippen MR) is 72.7 cm³/mol. The van der Waals surface area contributed by atoms with Crippen LogP contribution in [0.5, 0.6) is 0 Å². The summed E-state index contributed by atoms with van der Waals surface area (Å²) in [7, 11) is 0. The molecule has 86 valence electrons. The molecule has 0 fully saturated rings. The third kappa shape index (κ3) is 7.13. The topological polar surface area (TPSA) is 3.24 Å². The van der Waals surface area contributed by atoms with Crippen LogP contribution in [0.3, 0.4) is 0 Å². The van der Waals surface area contributed by atoms with E-state index < -0.39 is 0 Å². The number of hydrogen-bond donors (Lipinski definition) is 0. The minimum atomic E-state index is 0.858. The Labute approximate surface area is 102 Å². The van der Waals surface area contributed by atoms with Crippen LogP contribution in [0.1, 0.15) is 27.2 Å². The third-order valence-electron chi connectivity index (χ3n) is 2.60. The molecule has 0 aliphatic heterocycles. The van der Waals surface area contributed by atoms with Crippen LogP contribution in [-0.2, 0) is 0 Å². The van der Waals surface area contributed by atoms with Gasteiger partial charge >= 0.3 is 0 Å². The highest BCUT2D eigenvalue weighted by atomic mass is 79.9. The van der Waals surface area contributed by atoms with Crippen molar-refractivity contribution in [3.63, 3.8) is 0 Å². The SMILES string of the molecule is CCC(CBr)CSCCN(CC)CC. The van der Waals surface area contributed by atoms with E-state index in [1.807, 2.05) is 0 Å². The van der Waals surface area contributed by atoms with Gasteiger partial charge in [-0.1, -0.05) is 43.1 Å². The highest BCUT2D eigenvalue weighted by Gasteiger charge is 2.04. The van der Waals surface area contributed by atoms with E-state index in [4.69, 9.17) is 0 Å². The second kappa shape index (κ2) is 10.3. The maximum atomic E-state index is 3.56. The molecule has 14 heavy (non-hydrogen) atoms. The van der Waals surface area contributed by atoms with Crippen LogP contribution in [0.2, 0.25) is 0 Å². The van der Waals surface area contributed by atoms with Crippen molar-refractivity contribution in [1.82, 2.24) is 4.90 Å². The maximum Gasteiger partial charge on any atom is 0.00721 e. The van der Waals surface area contributed by atoms with Gasteiger partial charge in [-0.05, 0) is 24.8 Å². The highest BCUT2D eigenvalue weighted by Crippen LogP contribution is 2.14. The van der Waals surface area contributed by atoms with Gasteiger partial charge in [-0.15, -0.1) is 0 Å². The van der Waals surface area contributed by atoms with Gasteiger partial charge < -0.3 is 4.90 Å². The van der Waals surface area contributed by atoms with Crippen molar-refractivity contribution >= 4 is 27.7 Å². The molecule has 0 aromatic rings. The van der Waals surface area contributed by atoms with Crippen molar-refractivity contribution < 1.29 is 0 Å². The van der Waals surface area contributed by atoms with Crippen molar-refractivity contribution in [2.75, 3.05) is 36.5 Å². The molecule has 0 aliphatic rings. The van der Waals surface area contributed by atoms with Crippen molar-refractivity contribution in [3.8, 4) is 0 Å². The second-order valence-electron chi connectivity index (χ2n) is 3.53. The van der Waals surface area contributed by atoms with Gasteiger partial charge in [-0.2, -0.15) is 11.8 Å². The van der Waals surface area contributed by atoms with Gasteiger partial charge in [-0.25, -0.2) is 0 Å². The molecule has 0 radical (unpaired) electrons. The second-order valence-corrected chi connectivity index (χ2v) is 5.33. The first-order chi connectivity index (χ1) is 6.78. The molecule has 0 heterocycles. The lowest BCUT2D eigenvalue weighted by Gasteiger charge is -2.18. The summed E-state index contributed by atoms with van der Waals surface area (Å²) in [6.07, 6.45) is 1.30. The Hall–Kier alpha value is 0.790. The molecule has 0 bridgehead atoms. The third-order valence-corrected chi connectivity index (χ3v) is 4.69. The Kier molecular flexibility index (Phi) is 10.9. The smallest absolute Gasteiger partial charge is 0.00721 e. The van der Waals surface area contributed by atoms with E-state index in [-0.39, 0.29) is 0 Å². The number of rotatable bonds is 9. The largest absolute Gasteiger partial charge is 0.303 e. The van der Waals surface area contributed by atoms with Crippen molar-refractivity contribution in [2.24, 2.45) is 5.92 Å². The lowest BCUT2D eigenvalue weighted by Crippen LogP contribution is -2.25. The fourth-order valence-corrected chi connectivity index (χ4v) is 3.49. The van der Waals surface area contributed by atoms with Crippen LogP contribution in [0.25, 0.3) is 0 Å². The Morgan fingerprint density at radius 3 is 2.29 bits per heavy atom. The van der Waals surface area contributed by atoms with E-state index in [0.717, 1.165) is 11.2 Å². The molecule has 0 aliphatic carbocycles. The average molecular weight is 282 g/mol. The fraction of sp³-hybridized carbons (Fsp3) is 1.00. The molecule has 0 saturated carbocycles. The van der Waals surface area contributed by atoms with Crippen LogP contribution < -0.4 is 0 Å².